The van der Waals surface area contributed by atoms with Crippen LogP contribution in [0.4, 0.5) is 0 Å². The molecule has 0 saturated carbocycles. The molecule has 1 heterocycles. The van der Waals surface area contributed by atoms with Crippen LogP contribution in [0.25, 0.3) is 0 Å². The summed E-state index contributed by atoms with van der Waals surface area (Å²) in [5, 5.41) is 11.5. The number of nitrogens with zero attached hydrogens (tertiary/aromatic N) is 1. The lowest BCUT2D eigenvalue weighted by molar-refractivity contribution is -0.121. The molecule has 2 unspecified atom stereocenters. The Morgan fingerprint density at radius 3 is 2.65 bits per heavy atom. The fourth-order valence-corrected chi connectivity index (χ4v) is 2.67. The Morgan fingerprint density at radius 2 is 2.09 bits per heavy atom. The molecule has 0 fully saturated rings. The van der Waals surface area contributed by atoms with Crippen molar-refractivity contribution in [1.82, 2.24) is 16.0 Å². The number of carbonyl (C=O) groups excluding carboxylic acids is 1. The zero-order chi connectivity index (χ0) is 16.4. The number of hydrogen-bond donors (Lipinski definition) is 3. The van der Waals surface area contributed by atoms with Gasteiger partial charge in [0.2, 0.25) is 5.91 Å². The van der Waals surface area contributed by atoms with Gasteiger partial charge in [0.15, 0.2) is 5.96 Å². The summed E-state index contributed by atoms with van der Waals surface area (Å²) < 4.78 is 0. The predicted molar refractivity (Wildman–Crippen MR) is 110 cm³/mol. The predicted octanol–water partition coefficient (Wildman–Crippen LogP) is 2.94. The summed E-state index contributed by atoms with van der Waals surface area (Å²) in [6, 6.07) is 4.45. The smallest absolute Gasteiger partial charge is 0.221 e. The van der Waals surface area contributed by atoms with Gasteiger partial charge in [-0.15, -0.1) is 35.3 Å². The van der Waals surface area contributed by atoms with E-state index in [4.69, 9.17) is 0 Å². The van der Waals surface area contributed by atoms with Gasteiger partial charge in [-0.3, -0.25) is 9.79 Å². The van der Waals surface area contributed by atoms with Crippen LogP contribution in [-0.2, 0) is 4.79 Å². The molecule has 0 aliphatic heterocycles. The maximum Gasteiger partial charge on any atom is 0.221 e. The van der Waals surface area contributed by atoms with E-state index in [0.29, 0.717) is 18.9 Å². The molecule has 132 valence electrons. The van der Waals surface area contributed by atoms with Crippen LogP contribution >= 0.6 is 35.3 Å². The van der Waals surface area contributed by atoms with Crippen LogP contribution in [-0.4, -0.2) is 38.0 Å². The molecule has 0 aromatic carbocycles. The maximum atomic E-state index is 11.7. The average Bonchev–Trinajstić information content (AvgIpc) is 3.04. The van der Waals surface area contributed by atoms with Crippen LogP contribution in [0.5, 0.6) is 0 Å². The molecule has 3 N–H and O–H groups in total. The van der Waals surface area contributed by atoms with E-state index in [1.165, 1.54) is 4.88 Å². The van der Waals surface area contributed by atoms with E-state index < -0.39 is 0 Å². The van der Waals surface area contributed by atoms with Crippen LogP contribution in [0.3, 0.4) is 0 Å². The van der Waals surface area contributed by atoms with Crippen molar-refractivity contribution in [3.63, 3.8) is 0 Å². The number of hydrogen-bond acceptors (Lipinski definition) is 3. The van der Waals surface area contributed by atoms with Gasteiger partial charge in [0.05, 0.1) is 0 Å². The minimum absolute atomic E-state index is 0. The lowest BCUT2D eigenvalue weighted by Gasteiger charge is -2.16. The Bertz CT molecular complexity index is 465. The van der Waals surface area contributed by atoms with Gasteiger partial charge in [0.25, 0.3) is 0 Å². The molecule has 0 radical (unpaired) electrons. The van der Waals surface area contributed by atoms with Gasteiger partial charge in [-0.25, -0.2) is 0 Å². The Balaban J connectivity index is 0.00000484. The first-order valence-electron chi connectivity index (χ1n) is 7.84. The van der Waals surface area contributed by atoms with Crippen LogP contribution in [0.2, 0.25) is 0 Å². The van der Waals surface area contributed by atoms with Crippen LogP contribution < -0.4 is 16.0 Å². The highest BCUT2D eigenvalue weighted by Gasteiger charge is 2.08. The van der Waals surface area contributed by atoms with Crippen molar-refractivity contribution in [2.45, 2.75) is 45.6 Å². The summed E-state index contributed by atoms with van der Waals surface area (Å²) in [5.74, 6) is 1.25. The largest absolute Gasteiger partial charge is 0.356 e. The molecule has 0 aliphatic carbocycles. The summed E-state index contributed by atoms with van der Waals surface area (Å²) >= 11 is 1.77. The highest BCUT2D eigenvalue weighted by molar-refractivity contribution is 14.0. The van der Waals surface area contributed by atoms with Crippen molar-refractivity contribution in [2.24, 2.45) is 4.99 Å². The number of halogens is 1. The Morgan fingerprint density at radius 1 is 1.35 bits per heavy atom. The number of carbonyl (C=O) groups is 1. The third-order valence-electron chi connectivity index (χ3n) is 3.49. The van der Waals surface area contributed by atoms with Crippen molar-refractivity contribution < 1.29 is 4.79 Å². The second kappa shape index (κ2) is 12.6. The first-order chi connectivity index (χ1) is 10.6. The standard InChI is InChI=1S/C16H28N4OS.HI/c1-5-13(3)20-15(21)8-9-18-16(17-4)19-11-12(2)14-7-6-10-22-14;/h6-7,10,12-13H,5,8-9,11H2,1-4H3,(H,20,21)(H2,17,18,19);1H. The summed E-state index contributed by atoms with van der Waals surface area (Å²) in [6.45, 7) is 7.65. The molecule has 2 atom stereocenters. The topological polar surface area (TPSA) is 65.5 Å². The highest BCUT2D eigenvalue weighted by atomic mass is 127. The quantitative estimate of drug-likeness (QED) is 0.323. The molecule has 0 aliphatic rings. The van der Waals surface area contributed by atoms with E-state index >= 15 is 0 Å². The SMILES string of the molecule is CCC(C)NC(=O)CCNC(=NC)NCC(C)c1cccs1.I. The van der Waals surface area contributed by atoms with Gasteiger partial charge in [0.1, 0.15) is 0 Å². The molecule has 1 rings (SSSR count). The van der Waals surface area contributed by atoms with Crippen LogP contribution in [0.15, 0.2) is 22.5 Å². The van der Waals surface area contributed by atoms with Gasteiger partial charge in [-0.05, 0) is 24.8 Å². The molecular weight excluding hydrogens is 423 g/mol. The number of thiophene rings is 1. The van der Waals surface area contributed by atoms with Crippen LogP contribution in [0.1, 0.15) is 44.4 Å². The second-order valence-electron chi connectivity index (χ2n) is 5.42. The molecule has 1 aromatic heterocycles. The lowest BCUT2D eigenvalue weighted by Crippen LogP contribution is -2.41. The van der Waals surface area contributed by atoms with E-state index in [1.54, 1.807) is 18.4 Å². The fourth-order valence-electron chi connectivity index (χ4n) is 1.89. The number of rotatable bonds is 8. The third-order valence-corrected chi connectivity index (χ3v) is 4.60. The van der Waals surface area contributed by atoms with E-state index in [-0.39, 0.29) is 35.9 Å². The minimum atomic E-state index is 0. The van der Waals surface area contributed by atoms with Crippen molar-refractivity contribution in [1.29, 1.82) is 0 Å². The van der Waals surface area contributed by atoms with Crippen LogP contribution in [0, 0.1) is 0 Å². The van der Waals surface area contributed by atoms with E-state index in [0.717, 1.165) is 18.9 Å². The lowest BCUT2D eigenvalue weighted by atomic mass is 10.1. The first kappa shape index (κ1) is 22.2. The molecule has 1 amide bonds. The minimum Gasteiger partial charge on any atom is -0.356 e. The summed E-state index contributed by atoms with van der Waals surface area (Å²) in [6.07, 6.45) is 1.40. The fraction of sp³-hybridized carbons (Fsp3) is 0.625. The number of nitrogens with one attached hydrogen (secondary N) is 3. The monoisotopic (exact) mass is 452 g/mol. The average molecular weight is 452 g/mol. The van der Waals surface area contributed by atoms with Gasteiger partial charge in [-0.1, -0.05) is 19.9 Å². The summed E-state index contributed by atoms with van der Waals surface area (Å²) in [4.78, 5) is 17.2. The number of aliphatic imine (C=N–C) groups is 1. The van der Waals surface area contributed by atoms with Crippen molar-refractivity contribution in [2.75, 3.05) is 20.1 Å². The summed E-state index contributed by atoms with van der Waals surface area (Å²) in [5.41, 5.74) is 0. The van der Waals surface area contributed by atoms with Gasteiger partial charge in [0, 0.05) is 43.4 Å². The van der Waals surface area contributed by atoms with Crippen molar-refractivity contribution in [3.8, 4) is 0 Å². The van der Waals surface area contributed by atoms with Crippen molar-refractivity contribution in [3.05, 3.63) is 22.4 Å². The normalized spacial score (nSPS) is 13.7. The molecule has 0 saturated heterocycles. The van der Waals surface area contributed by atoms with E-state index in [9.17, 15) is 4.79 Å². The Hall–Kier alpha value is -0.830. The summed E-state index contributed by atoms with van der Waals surface area (Å²) in [7, 11) is 1.74. The molecular formula is C16H29IN4OS. The Kier molecular flexibility index (Phi) is 12.1. The maximum absolute atomic E-state index is 11.7. The number of amides is 1. The molecule has 23 heavy (non-hydrogen) atoms. The van der Waals surface area contributed by atoms with Crippen molar-refractivity contribution >= 4 is 47.2 Å². The molecule has 0 spiro atoms. The molecule has 5 nitrogen and oxygen atoms in total. The third kappa shape index (κ3) is 9.14. The first-order valence-corrected chi connectivity index (χ1v) is 8.72. The zero-order valence-corrected chi connectivity index (χ0v) is 17.5. The van der Waals surface area contributed by atoms with Gasteiger partial charge >= 0.3 is 0 Å². The molecule has 1 aromatic rings. The van der Waals surface area contributed by atoms with Gasteiger partial charge in [-0.2, -0.15) is 0 Å². The Labute approximate surface area is 160 Å². The zero-order valence-electron chi connectivity index (χ0n) is 14.4. The molecule has 7 heteroatoms. The second-order valence-corrected chi connectivity index (χ2v) is 6.40. The van der Waals surface area contributed by atoms with Gasteiger partial charge < -0.3 is 16.0 Å². The molecule has 0 bridgehead atoms. The van der Waals surface area contributed by atoms with E-state index in [2.05, 4.69) is 52.3 Å². The number of guanidine groups is 1. The highest BCUT2D eigenvalue weighted by Crippen LogP contribution is 2.19. The van der Waals surface area contributed by atoms with E-state index in [1.807, 2.05) is 6.92 Å².